The van der Waals surface area contributed by atoms with Crippen LogP contribution in [0.4, 0.5) is 0 Å². The highest BCUT2D eigenvalue weighted by atomic mass is 16.5. The van der Waals surface area contributed by atoms with Crippen LogP contribution in [-0.4, -0.2) is 43.8 Å². The van der Waals surface area contributed by atoms with Gasteiger partial charge < -0.3 is 14.4 Å². The maximum absolute atomic E-state index is 11.9. The fraction of sp³-hybridized carbons (Fsp3) is 0.769. The van der Waals surface area contributed by atoms with Crippen molar-refractivity contribution in [1.82, 2.24) is 4.90 Å². The molecule has 0 unspecified atom stereocenters. The van der Waals surface area contributed by atoms with E-state index < -0.39 is 0 Å². The molecular formula is C13H21NO3. The van der Waals surface area contributed by atoms with Crippen LogP contribution >= 0.6 is 0 Å². The minimum Gasteiger partial charge on any atom is -0.463 e. The molecule has 0 aromatic heterocycles. The van der Waals surface area contributed by atoms with Crippen LogP contribution in [0.1, 0.15) is 32.6 Å². The number of morpholine rings is 1. The molecule has 4 heteroatoms. The number of carbonyl (C=O) groups excluding carboxylic acids is 1. The summed E-state index contributed by atoms with van der Waals surface area (Å²) in [6, 6.07) is 0. The number of nitrogens with zero attached hydrogens (tertiary/aromatic N) is 1. The third-order valence-corrected chi connectivity index (χ3v) is 3.35. The fourth-order valence-electron chi connectivity index (χ4n) is 2.51. The Kier molecular flexibility index (Phi) is 4.42. The Morgan fingerprint density at radius 1 is 1.29 bits per heavy atom. The summed E-state index contributed by atoms with van der Waals surface area (Å²) in [4.78, 5) is 14.2. The number of hydrogen-bond donors (Lipinski definition) is 0. The van der Waals surface area contributed by atoms with Gasteiger partial charge in [0.05, 0.1) is 25.4 Å². The highest BCUT2D eigenvalue weighted by Gasteiger charge is 2.25. The highest BCUT2D eigenvalue weighted by molar-refractivity contribution is 5.89. The lowest BCUT2D eigenvalue weighted by Crippen LogP contribution is -2.37. The summed E-state index contributed by atoms with van der Waals surface area (Å²) in [5, 5.41) is 0. The van der Waals surface area contributed by atoms with Gasteiger partial charge in [0.1, 0.15) is 0 Å². The van der Waals surface area contributed by atoms with Crippen LogP contribution in [0.3, 0.4) is 0 Å². The minimum absolute atomic E-state index is 0.117. The monoisotopic (exact) mass is 239 g/mol. The maximum atomic E-state index is 11.9. The zero-order chi connectivity index (χ0) is 12.1. The average Bonchev–Trinajstić information content (AvgIpc) is 2.40. The van der Waals surface area contributed by atoms with Gasteiger partial charge in [0.25, 0.3) is 0 Å². The molecule has 0 spiro atoms. The lowest BCUT2D eigenvalue weighted by atomic mass is 9.95. The van der Waals surface area contributed by atoms with Crippen LogP contribution in [0.5, 0.6) is 0 Å². The Hall–Kier alpha value is -1.03. The van der Waals surface area contributed by atoms with E-state index in [2.05, 4.69) is 4.90 Å². The molecular weight excluding hydrogens is 218 g/mol. The third kappa shape index (κ3) is 3.00. The van der Waals surface area contributed by atoms with Crippen LogP contribution in [0, 0.1) is 0 Å². The van der Waals surface area contributed by atoms with Gasteiger partial charge in [-0.15, -0.1) is 0 Å². The molecule has 2 rings (SSSR count). The highest BCUT2D eigenvalue weighted by Crippen LogP contribution is 2.28. The van der Waals surface area contributed by atoms with Gasteiger partial charge in [0, 0.05) is 18.8 Å². The van der Waals surface area contributed by atoms with Gasteiger partial charge in [-0.1, -0.05) is 0 Å². The van der Waals surface area contributed by atoms with Gasteiger partial charge in [-0.05, 0) is 32.6 Å². The van der Waals surface area contributed by atoms with Gasteiger partial charge in [0.2, 0.25) is 0 Å². The molecule has 1 saturated heterocycles. The number of ether oxygens (including phenoxy) is 2. The summed E-state index contributed by atoms with van der Waals surface area (Å²) in [6.45, 7) is 5.64. The van der Waals surface area contributed by atoms with Crippen molar-refractivity contribution < 1.29 is 14.3 Å². The van der Waals surface area contributed by atoms with Crippen molar-refractivity contribution in [2.75, 3.05) is 32.9 Å². The predicted octanol–water partition coefficient (Wildman–Crippen LogP) is 1.71. The van der Waals surface area contributed by atoms with E-state index >= 15 is 0 Å². The lowest BCUT2D eigenvalue weighted by molar-refractivity contribution is -0.139. The first-order chi connectivity index (χ1) is 8.33. The molecule has 0 saturated carbocycles. The van der Waals surface area contributed by atoms with Crippen molar-refractivity contribution in [1.29, 1.82) is 0 Å². The van der Waals surface area contributed by atoms with E-state index in [4.69, 9.17) is 9.47 Å². The maximum Gasteiger partial charge on any atom is 0.335 e. The Bertz CT molecular complexity index is 306. The molecule has 0 amide bonds. The molecule has 0 aromatic carbocycles. The van der Waals surface area contributed by atoms with Crippen LogP contribution in [0.15, 0.2) is 11.3 Å². The van der Waals surface area contributed by atoms with Gasteiger partial charge >= 0.3 is 5.97 Å². The second-order valence-corrected chi connectivity index (χ2v) is 4.45. The van der Waals surface area contributed by atoms with Crippen molar-refractivity contribution in [3.05, 3.63) is 11.3 Å². The summed E-state index contributed by atoms with van der Waals surface area (Å²) in [6.07, 6.45) is 4.15. The van der Waals surface area contributed by atoms with Crippen molar-refractivity contribution in [3.63, 3.8) is 0 Å². The molecule has 0 radical (unpaired) electrons. The molecule has 2 aliphatic rings. The van der Waals surface area contributed by atoms with E-state index in [-0.39, 0.29) is 5.97 Å². The zero-order valence-electron chi connectivity index (χ0n) is 10.5. The second kappa shape index (κ2) is 6.05. The van der Waals surface area contributed by atoms with Crippen molar-refractivity contribution in [3.8, 4) is 0 Å². The molecule has 1 fully saturated rings. The average molecular weight is 239 g/mol. The first kappa shape index (κ1) is 12.4. The second-order valence-electron chi connectivity index (χ2n) is 4.45. The summed E-state index contributed by atoms with van der Waals surface area (Å²) in [5.41, 5.74) is 2.11. The number of allylic oxidation sites excluding steroid dienone is 1. The number of hydrogen-bond acceptors (Lipinski definition) is 4. The van der Waals surface area contributed by atoms with Crippen molar-refractivity contribution in [2.24, 2.45) is 0 Å². The Balaban J connectivity index is 2.14. The summed E-state index contributed by atoms with van der Waals surface area (Å²) in [5.74, 6) is -0.117. The van der Waals surface area contributed by atoms with E-state index in [1.165, 1.54) is 12.1 Å². The van der Waals surface area contributed by atoms with Crippen molar-refractivity contribution in [2.45, 2.75) is 32.6 Å². The van der Waals surface area contributed by atoms with E-state index in [0.717, 1.165) is 51.1 Å². The smallest absolute Gasteiger partial charge is 0.335 e. The zero-order valence-corrected chi connectivity index (χ0v) is 10.5. The summed E-state index contributed by atoms with van der Waals surface area (Å²) >= 11 is 0. The van der Waals surface area contributed by atoms with E-state index in [1.54, 1.807) is 0 Å². The van der Waals surface area contributed by atoms with Crippen LogP contribution in [0.2, 0.25) is 0 Å². The molecule has 1 heterocycles. The molecule has 0 atom stereocenters. The molecule has 1 aliphatic heterocycles. The predicted molar refractivity (Wildman–Crippen MR) is 64.5 cm³/mol. The van der Waals surface area contributed by atoms with Crippen LogP contribution < -0.4 is 0 Å². The topological polar surface area (TPSA) is 38.8 Å². The van der Waals surface area contributed by atoms with E-state index in [9.17, 15) is 4.79 Å². The molecule has 96 valence electrons. The molecule has 0 bridgehead atoms. The quantitative estimate of drug-likeness (QED) is 0.703. The molecule has 1 aliphatic carbocycles. The Labute approximate surface area is 103 Å². The van der Waals surface area contributed by atoms with Gasteiger partial charge in [-0.3, -0.25) is 0 Å². The first-order valence-electron chi connectivity index (χ1n) is 6.54. The third-order valence-electron chi connectivity index (χ3n) is 3.35. The lowest BCUT2D eigenvalue weighted by Gasteiger charge is -2.34. The number of carbonyl (C=O) groups is 1. The fourth-order valence-corrected chi connectivity index (χ4v) is 2.51. The normalized spacial score (nSPS) is 21.6. The van der Waals surface area contributed by atoms with Crippen molar-refractivity contribution >= 4 is 5.97 Å². The molecule has 17 heavy (non-hydrogen) atoms. The van der Waals surface area contributed by atoms with E-state index in [0.29, 0.717) is 6.61 Å². The SMILES string of the molecule is CCOC(=O)C1=C(N2CCOCC2)CCCC1. The largest absolute Gasteiger partial charge is 0.463 e. The molecule has 4 nitrogen and oxygen atoms in total. The van der Waals surface area contributed by atoms with Crippen LogP contribution in [0.25, 0.3) is 0 Å². The standard InChI is InChI=1S/C13H21NO3/c1-2-17-13(15)11-5-3-4-6-12(11)14-7-9-16-10-8-14/h2-10H2,1H3. The van der Waals surface area contributed by atoms with Gasteiger partial charge in [-0.25, -0.2) is 4.79 Å². The first-order valence-corrected chi connectivity index (χ1v) is 6.54. The number of rotatable bonds is 3. The Morgan fingerprint density at radius 3 is 2.71 bits per heavy atom. The van der Waals surface area contributed by atoms with Crippen LogP contribution in [-0.2, 0) is 14.3 Å². The molecule has 0 aromatic rings. The Morgan fingerprint density at radius 2 is 2.00 bits per heavy atom. The molecule has 0 N–H and O–H groups in total. The summed E-state index contributed by atoms with van der Waals surface area (Å²) in [7, 11) is 0. The minimum atomic E-state index is -0.117. The summed E-state index contributed by atoms with van der Waals surface area (Å²) < 4.78 is 10.5. The van der Waals surface area contributed by atoms with Gasteiger partial charge in [0.15, 0.2) is 0 Å². The number of esters is 1. The van der Waals surface area contributed by atoms with E-state index in [1.807, 2.05) is 6.92 Å². The van der Waals surface area contributed by atoms with Gasteiger partial charge in [-0.2, -0.15) is 0 Å².